The quantitative estimate of drug-likeness (QED) is 0.112. The summed E-state index contributed by atoms with van der Waals surface area (Å²) in [6.07, 6.45) is 16.0. The van der Waals surface area contributed by atoms with Crippen LogP contribution in [0.4, 0.5) is 0 Å². The third-order valence-corrected chi connectivity index (χ3v) is 23.9. The molecule has 0 radical (unpaired) electrons. The Bertz CT molecular complexity index is 7030. The lowest BCUT2D eigenvalue weighted by molar-refractivity contribution is -0.617. The fourth-order valence-electron chi connectivity index (χ4n) is 18.5. The van der Waals surface area contributed by atoms with Gasteiger partial charge in [0.25, 0.3) is 22.6 Å². The van der Waals surface area contributed by atoms with Gasteiger partial charge in [-0.15, -0.1) is 0 Å². The summed E-state index contributed by atoms with van der Waals surface area (Å²) in [7, 11) is 8.69. The molecule has 20 rings (SSSR count). The van der Waals surface area contributed by atoms with Crippen molar-refractivity contribution >= 4 is 154 Å². The number of imidazole rings is 4. The molecule has 0 saturated carbocycles. The van der Waals surface area contributed by atoms with Crippen LogP contribution in [0.3, 0.4) is 0 Å². The highest BCUT2D eigenvalue weighted by Gasteiger charge is 2.32. The van der Waals surface area contributed by atoms with Gasteiger partial charge in [0, 0.05) is 57.5 Å². The van der Waals surface area contributed by atoms with Gasteiger partial charge >= 0.3 is 0 Å². The molecule has 0 bridgehead atoms. The zero-order valence-corrected chi connectivity index (χ0v) is 65.5. The van der Waals surface area contributed by atoms with Crippen LogP contribution in [0.1, 0.15) is 122 Å². The number of hydrogen-bond donors (Lipinski definition) is 0. The molecule has 0 aliphatic carbocycles. The van der Waals surface area contributed by atoms with Gasteiger partial charge in [-0.2, -0.15) is 17.6 Å². The molecular weight excluding hydrogens is 1320 g/mol. The molecule has 0 spiro atoms. The zero-order chi connectivity index (χ0) is 74.8. The number of hydrogen-bond acceptors (Lipinski definition) is 4. The summed E-state index contributed by atoms with van der Waals surface area (Å²) < 4.78 is 19.2. The van der Waals surface area contributed by atoms with Crippen LogP contribution in [-0.4, -0.2) is 37.5 Å². The summed E-state index contributed by atoms with van der Waals surface area (Å²) >= 11 is 0. The topological polar surface area (TPSA) is 84.7 Å². The molecule has 0 saturated heterocycles. The van der Waals surface area contributed by atoms with Crippen LogP contribution in [0.25, 0.3) is 154 Å². The fourth-order valence-corrected chi connectivity index (χ4v) is 18.5. The van der Waals surface area contributed by atoms with E-state index in [0.29, 0.717) is 0 Å². The van der Waals surface area contributed by atoms with Crippen molar-refractivity contribution < 1.29 is 18.3 Å². The van der Waals surface area contributed by atoms with Gasteiger partial charge in [0.05, 0.1) is 71.8 Å². The molecule has 12 heteroatoms. The molecule has 20 aromatic rings. The maximum Gasteiger partial charge on any atom is 0.297 e. The van der Waals surface area contributed by atoms with E-state index in [9.17, 15) is 0 Å². The van der Waals surface area contributed by atoms with Gasteiger partial charge in [0.15, 0.2) is 44.1 Å². The lowest BCUT2D eigenvalue weighted by Crippen LogP contribution is -2.27. The minimum atomic E-state index is 1.00. The zero-order valence-electron chi connectivity index (χ0n) is 65.5. The van der Waals surface area contributed by atoms with E-state index in [1.54, 1.807) is 0 Å². The average Bonchev–Trinajstić information content (AvgIpc) is 1.57. The van der Waals surface area contributed by atoms with Crippen molar-refractivity contribution in [1.29, 1.82) is 0 Å². The van der Waals surface area contributed by atoms with Gasteiger partial charge in [-0.05, 0) is 238 Å². The van der Waals surface area contributed by atoms with E-state index in [0.717, 1.165) is 73.4 Å². The number of aromatic nitrogens is 12. The first-order chi connectivity index (χ1) is 52.6. The van der Waals surface area contributed by atoms with Gasteiger partial charge in [0.1, 0.15) is 22.1 Å². The van der Waals surface area contributed by atoms with Crippen molar-refractivity contribution in [1.82, 2.24) is 37.5 Å². The second kappa shape index (κ2) is 27.2. The first kappa shape index (κ1) is 69.3. The lowest BCUT2D eigenvalue weighted by Gasteiger charge is -2.12. The standard InChI is InChI=1S/4C24H24N3/c1-5-16-10-11-19-20(14-16)27-23-17(6-2)8-7-9-18(23)22-21(24(27)26(19)4)15(3)12-13-25-22;1-5-16-13-18-21(14-17(16)6-2)27-20-10-8-7-9-19(20)26(4)24(27)22-15(3)11-12-25-23(18)22;1-5-16-11-12-18-22-21(15(3)13-14-25-22)24-26(4)19-9-7-8-10-20(19)27(24)23(18)17(16)6-2;1-5-16-11-12-20-23(17(16)6-2)27-19-10-8-7-9-18(19)22-21(24(27)26(20)4)15(3)13-14-25-22/h4*7-14H,5-6H2,1-4H3/q4*+1. The number of rotatable bonds is 8. The number of nitrogens with zero attached hydrogens (tertiary/aromatic N) is 12. The number of aryl methyl sites for hydroxylation is 16. The van der Waals surface area contributed by atoms with Gasteiger partial charge in [0.2, 0.25) is 0 Å². The number of benzene rings is 8. The molecule has 0 atom stereocenters. The van der Waals surface area contributed by atoms with Gasteiger partial charge in [-0.1, -0.05) is 122 Å². The largest absolute Gasteiger partial charge is 0.297 e. The summed E-state index contributed by atoms with van der Waals surface area (Å²) in [6, 6.07) is 61.9. The lowest BCUT2D eigenvalue weighted by atomic mass is 9.97. The molecule has 0 aliphatic heterocycles. The second-order valence-corrected chi connectivity index (χ2v) is 29.5. The fraction of sp³-hybridized carbons (Fsp3) is 0.250. The van der Waals surface area contributed by atoms with Crippen LogP contribution in [0, 0.1) is 27.7 Å². The van der Waals surface area contributed by atoms with E-state index in [1.807, 2.05) is 24.8 Å². The van der Waals surface area contributed by atoms with Gasteiger partial charge in [-0.25, -0.2) is 18.3 Å². The monoisotopic (exact) mass is 1420 g/mol. The Morgan fingerprint density at radius 2 is 0.667 bits per heavy atom. The van der Waals surface area contributed by atoms with Crippen molar-refractivity contribution in [2.45, 2.75) is 134 Å². The highest BCUT2D eigenvalue weighted by Crippen LogP contribution is 2.40. The first-order valence-electron chi connectivity index (χ1n) is 39.1. The summed E-state index contributed by atoms with van der Waals surface area (Å²) in [5, 5.41) is 9.92. The number of fused-ring (bicyclic) bond motifs is 32. The maximum absolute atomic E-state index is 4.84. The molecule has 0 unspecified atom stereocenters. The Morgan fingerprint density at radius 1 is 0.269 bits per heavy atom. The SMILES string of the molecule is CCc1cc2c3nccc(C)c3c3n(c2cc1CC)c1ccccc1[n+]3C.CCc1ccc2c(c1)n1c3c(CC)cccc3c3nccc(C)c3c1[n+]2C.CCc1ccc2c(c1CC)n1c3ccccc3c3nccc(C)c3c1[n+]2C.CCc1ccc2c3nccc(C)c3c3n(c4ccccc4[n+]3C)c2c1CC. The van der Waals surface area contributed by atoms with Crippen LogP contribution in [0.2, 0.25) is 0 Å². The Hall–Kier alpha value is -11.8. The van der Waals surface area contributed by atoms with Crippen molar-refractivity contribution in [3.8, 4) is 0 Å². The van der Waals surface area contributed by atoms with Crippen LogP contribution >= 0.6 is 0 Å². The third-order valence-electron chi connectivity index (χ3n) is 23.9. The van der Waals surface area contributed by atoms with Crippen LogP contribution in [0.5, 0.6) is 0 Å². The third kappa shape index (κ3) is 10.3. The molecule has 0 fully saturated rings. The molecule has 108 heavy (non-hydrogen) atoms. The number of para-hydroxylation sites is 6. The molecule has 8 aromatic carbocycles. The van der Waals surface area contributed by atoms with Crippen molar-refractivity contribution in [3.63, 3.8) is 0 Å². The van der Waals surface area contributed by atoms with E-state index < -0.39 is 0 Å². The van der Waals surface area contributed by atoms with Crippen molar-refractivity contribution in [3.05, 3.63) is 261 Å². The summed E-state index contributed by atoms with van der Waals surface area (Å²) in [6.45, 7) is 26.7. The molecule has 12 aromatic heterocycles. The predicted molar refractivity (Wildman–Crippen MR) is 450 cm³/mol. The Balaban J connectivity index is 0.000000105. The molecule has 12 heterocycles. The number of pyridine rings is 8. The molecule has 12 nitrogen and oxygen atoms in total. The average molecular weight is 1420 g/mol. The van der Waals surface area contributed by atoms with Crippen LogP contribution in [-0.2, 0) is 79.6 Å². The second-order valence-electron chi connectivity index (χ2n) is 29.5. The molecule has 0 amide bonds. The van der Waals surface area contributed by atoms with E-state index in [2.05, 4.69) is 317 Å². The first-order valence-corrected chi connectivity index (χ1v) is 39.1. The highest BCUT2D eigenvalue weighted by atomic mass is 15.1. The van der Waals surface area contributed by atoms with Gasteiger partial charge in [-0.3, -0.25) is 19.9 Å². The van der Waals surface area contributed by atoms with Gasteiger partial charge < -0.3 is 0 Å². The Labute approximate surface area is 630 Å². The smallest absolute Gasteiger partial charge is 0.255 e. The Kier molecular flexibility index (Phi) is 17.5. The molecular formula is C96H96N12+4. The minimum Gasteiger partial charge on any atom is -0.255 e. The normalized spacial score (nSPS) is 12.0. The summed E-state index contributed by atoms with van der Waals surface area (Å²) in [5.41, 5.74) is 41.0. The Morgan fingerprint density at radius 3 is 1.19 bits per heavy atom. The molecule has 0 N–H and O–H groups in total. The van der Waals surface area contributed by atoms with Crippen molar-refractivity contribution in [2.24, 2.45) is 28.2 Å². The van der Waals surface area contributed by atoms with E-state index in [4.69, 9.17) is 19.9 Å². The highest BCUT2D eigenvalue weighted by molar-refractivity contribution is 6.16. The van der Waals surface area contributed by atoms with Crippen LogP contribution < -0.4 is 18.3 Å². The van der Waals surface area contributed by atoms with E-state index in [1.165, 1.54) is 199 Å². The van der Waals surface area contributed by atoms with Crippen LogP contribution in [0.15, 0.2) is 195 Å². The molecule has 536 valence electrons. The van der Waals surface area contributed by atoms with Crippen molar-refractivity contribution in [2.75, 3.05) is 0 Å². The van der Waals surface area contributed by atoms with E-state index >= 15 is 0 Å². The van der Waals surface area contributed by atoms with E-state index in [-0.39, 0.29) is 0 Å². The molecule has 0 aliphatic rings. The summed E-state index contributed by atoms with van der Waals surface area (Å²) in [4.78, 5) is 19.3. The predicted octanol–water partition coefficient (Wildman–Crippen LogP) is 20.2. The minimum absolute atomic E-state index is 1.00. The maximum atomic E-state index is 4.84. The summed E-state index contributed by atoms with van der Waals surface area (Å²) in [5.74, 6) is 0.